The van der Waals surface area contributed by atoms with Crippen molar-refractivity contribution in [1.29, 1.82) is 0 Å². The van der Waals surface area contributed by atoms with Gasteiger partial charge in [-0.15, -0.1) is 0 Å². The maximum absolute atomic E-state index is 14.7. The van der Waals surface area contributed by atoms with Crippen LogP contribution in [0.4, 0.5) is 27.7 Å². The number of pyridine rings is 1. The van der Waals surface area contributed by atoms with Crippen molar-refractivity contribution in [3.63, 3.8) is 0 Å². The molecule has 10 rings (SSSR count). The summed E-state index contributed by atoms with van der Waals surface area (Å²) in [4.78, 5) is 86.5. The standard InChI is InChI=1S/C49H60FN11O7/c1-67-40-17-24-59(29-36(40)50)49-51-18-12-41(55-49)54-42-26-39-34(27-52-42)35(28-60(39)31-6-2-3-7-31)45(63)53-30-13-20-57(21-14-30)19-5-25-68-32-15-22-58(23-16-32)37-9-4-8-33-44(37)48(66)61(47(33)65)38-10-11-43(62)56-46(38)64/h4,8-9,12,18,26-28,30-32,36,38,40H,2-3,5-7,10-11,13-17,19-25,29H2,1H3,(H,53,63)(H,56,62,64)(H,51,52,54,55)/t36-,38-,40+/m0/s1. The van der Waals surface area contributed by atoms with E-state index in [1.54, 1.807) is 30.6 Å². The number of hydrogen-bond acceptors (Lipinski definition) is 14. The Morgan fingerprint density at radius 3 is 2.46 bits per heavy atom. The lowest BCUT2D eigenvalue weighted by atomic mass is 10.0. The van der Waals surface area contributed by atoms with E-state index in [1.807, 2.05) is 23.2 Å². The summed E-state index contributed by atoms with van der Waals surface area (Å²) in [5.74, 6) is -0.487. The first kappa shape index (κ1) is 45.7. The Hall–Kier alpha value is -6.05. The highest BCUT2D eigenvalue weighted by Gasteiger charge is 2.46. The van der Waals surface area contributed by atoms with Crippen molar-refractivity contribution in [1.82, 2.24) is 40.0 Å². The number of aromatic nitrogens is 4. The van der Waals surface area contributed by atoms with E-state index in [4.69, 9.17) is 14.5 Å². The quantitative estimate of drug-likeness (QED) is 0.114. The van der Waals surface area contributed by atoms with Gasteiger partial charge in [0, 0.05) is 102 Å². The minimum Gasteiger partial charge on any atom is -0.378 e. The second-order valence-electron chi connectivity index (χ2n) is 19.0. The summed E-state index contributed by atoms with van der Waals surface area (Å²) >= 11 is 0. The number of fused-ring (bicyclic) bond motifs is 2. The van der Waals surface area contributed by atoms with Gasteiger partial charge in [0.1, 0.15) is 23.8 Å². The van der Waals surface area contributed by atoms with Gasteiger partial charge in [-0.3, -0.25) is 34.2 Å². The lowest BCUT2D eigenvalue weighted by Gasteiger charge is -2.35. The largest absolute Gasteiger partial charge is 0.378 e. The monoisotopic (exact) mass is 933 g/mol. The first-order chi connectivity index (χ1) is 33.1. The number of likely N-dealkylation sites (tertiary alicyclic amines) is 1. The zero-order valence-corrected chi connectivity index (χ0v) is 38.5. The fourth-order valence-electron chi connectivity index (χ4n) is 11.0. The normalized spacial score (nSPS) is 23.4. The van der Waals surface area contributed by atoms with Crippen molar-refractivity contribution in [2.45, 2.75) is 114 Å². The minimum absolute atomic E-state index is 0.0682. The summed E-state index contributed by atoms with van der Waals surface area (Å²) in [5.41, 5.74) is 2.88. The maximum Gasteiger partial charge on any atom is 0.264 e. The molecule has 1 saturated carbocycles. The van der Waals surface area contributed by atoms with E-state index >= 15 is 0 Å². The topological polar surface area (TPSA) is 196 Å². The number of rotatable bonds is 14. The highest BCUT2D eigenvalue weighted by atomic mass is 19.1. The van der Waals surface area contributed by atoms with Gasteiger partial charge in [0.05, 0.1) is 46.6 Å². The van der Waals surface area contributed by atoms with Gasteiger partial charge in [0.15, 0.2) is 0 Å². The number of ether oxygens (including phenoxy) is 2. The average molecular weight is 934 g/mol. The highest BCUT2D eigenvalue weighted by molar-refractivity contribution is 6.25. The summed E-state index contributed by atoms with van der Waals surface area (Å²) in [7, 11) is 1.54. The van der Waals surface area contributed by atoms with E-state index in [2.05, 4.69) is 40.3 Å². The lowest BCUT2D eigenvalue weighted by Crippen LogP contribution is -2.54. The summed E-state index contributed by atoms with van der Waals surface area (Å²) in [6.45, 7) is 5.43. The number of piperidine rings is 4. The van der Waals surface area contributed by atoms with Gasteiger partial charge < -0.3 is 39.4 Å². The Bertz CT molecular complexity index is 2550. The molecule has 8 heterocycles. The molecule has 3 N–H and O–H groups in total. The zero-order chi connectivity index (χ0) is 46.9. The molecule has 5 fully saturated rings. The van der Waals surface area contributed by atoms with Crippen LogP contribution in [-0.2, 0) is 19.1 Å². The molecule has 3 aromatic heterocycles. The van der Waals surface area contributed by atoms with Crippen LogP contribution < -0.4 is 25.8 Å². The first-order valence-corrected chi connectivity index (χ1v) is 24.4. The Labute approximate surface area is 394 Å². The molecular formula is C49H60FN11O7. The molecule has 4 aromatic rings. The van der Waals surface area contributed by atoms with Crippen LogP contribution in [0.3, 0.4) is 0 Å². The Morgan fingerprint density at radius 1 is 0.897 bits per heavy atom. The number of carbonyl (C=O) groups excluding carboxylic acids is 5. The van der Waals surface area contributed by atoms with Crippen LogP contribution in [0.25, 0.3) is 10.9 Å². The van der Waals surface area contributed by atoms with Gasteiger partial charge in [-0.25, -0.2) is 14.4 Å². The molecule has 0 unspecified atom stereocenters. The van der Waals surface area contributed by atoms with Crippen molar-refractivity contribution in [2.75, 3.05) is 74.6 Å². The molecule has 0 radical (unpaired) electrons. The number of hydrogen-bond donors (Lipinski definition) is 3. The molecule has 6 aliphatic rings. The number of imide groups is 2. The number of alkyl halides is 1. The maximum atomic E-state index is 14.7. The van der Waals surface area contributed by atoms with Crippen molar-refractivity contribution >= 4 is 63.7 Å². The number of halogens is 1. The van der Waals surface area contributed by atoms with E-state index in [1.165, 1.54) is 7.11 Å². The summed E-state index contributed by atoms with van der Waals surface area (Å²) in [6.07, 6.45) is 13.4. The Kier molecular flexibility index (Phi) is 13.4. The number of methoxy groups -OCH3 is 1. The second kappa shape index (κ2) is 19.9. The molecule has 0 spiro atoms. The van der Waals surface area contributed by atoms with E-state index in [9.17, 15) is 28.4 Å². The van der Waals surface area contributed by atoms with Gasteiger partial charge in [0.2, 0.25) is 17.8 Å². The molecule has 19 heteroatoms. The number of carbonyl (C=O) groups is 5. The van der Waals surface area contributed by atoms with Crippen LogP contribution in [0.15, 0.2) is 48.9 Å². The number of anilines is 4. The molecule has 18 nitrogen and oxygen atoms in total. The molecule has 5 amide bonds. The van der Waals surface area contributed by atoms with Gasteiger partial charge in [-0.1, -0.05) is 18.9 Å². The number of nitrogens with zero attached hydrogens (tertiary/aromatic N) is 8. The van der Waals surface area contributed by atoms with Crippen molar-refractivity contribution in [3.05, 3.63) is 65.6 Å². The molecule has 5 aliphatic heterocycles. The molecule has 3 atom stereocenters. The van der Waals surface area contributed by atoms with Crippen LogP contribution in [0, 0.1) is 0 Å². The molecule has 1 aromatic carbocycles. The molecule has 68 heavy (non-hydrogen) atoms. The first-order valence-electron chi connectivity index (χ1n) is 24.4. The summed E-state index contributed by atoms with van der Waals surface area (Å²) in [5, 5.41) is 9.74. The van der Waals surface area contributed by atoms with Crippen LogP contribution in [-0.4, -0.2) is 149 Å². The third kappa shape index (κ3) is 9.39. The third-order valence-corrected chi connectivity index (χ3v) is 14.8. The molecule has 1 aliphatic carbocycles. The Morgan fingerprint density at radius 2 is 1.69 bits per heavy atom. The molecule has 0 bridgehead atoms. The summed E-state index contributed by atoms with van der Waals surface area (Å²) < 4.78 is 28.5. The van der Waals surface area contributed by atoms with Gasteiger partial charge in [-0.05, 0) is 76.0 Å². The van der Waals surface area contributed by atoms with Gasteiger partial charge in [0.25, 0.3) is 17.7 Å². The van der Waals surface area contributed by atoms with Crippen LogP contribution in [0.5, 0.6) is 0 Å². The predicted molar refractivity (Wildman–Crippen MR) is 251 cm³/mol. The lowest BCUT2D eigenvalue weighted by molar-refractivity contribution is -0.136. The highest BCUT2D eigenvalue weighted by Crippen LogP contribution is 2.37. The molecule has 4 saturated heterocycles. The van der Waals surface area contributed by atoms with Gasteiger partial charge in [-0.2, -0.15) is 4.98 Å². The number of nitrogens with one attached hydrogen (secondary N) is 3. The third-order valence-electron chi connectivity index (χ3n) is 14.8. The number of benzene rings is 1. The van der Waals surface area contributed by atoms with Crippen molar-refractivity contribution < 1.29 is 37.8 Å². The van der Waals surface area contributed by atoms with Crippen LogP contribution in [0.2, 0.25) is 0 Å². The second-order valence-corrected chi connectivity index (χ2v) is 19.0. The molecule has 360 valence electrons. The predicted octanol–water partition coefficient (Wildman–Crippen LogP) is 4.92. The fraction of sp³-hybridized carbons (Fsp3) is 0.551. The van der Waals surface area contributed by atoms with Crippen LogP contribution >= 0.6 is 0 Å². The Balaban J connectivity index is 0.684. The van der Waals surface area contributed by atoms with Crippen molar-refractivity contribution in [3.8, 4) is 0 Å². The molecular weight excluding hydrogens is 874 g/mol. The van der Waals surface area contributed by atoms with E-state index < -0.39 is 41.9 Å². The van der Waals surface area contributed by atoms with Crippen LogP contribution in [0.1, 0.15) is 114 Å². The minimum atomic E-state index is -1.12. The summed E-state index contributed by atoms with van der Waals surface area (Å²) in [6, 6.07) is 8.39. The number of amides is 5. The van der Waals surface area contributed by atoms with E-state index in [0.717, 1.165) is 93.2 Å². The fourth-order valence-corrected chi connectivity index (χ4v) is 11.0. The average Bonchev–Trinajstić information content (AvgIpc) is 4.08. The zero-order valence-electron chi connectivity index (χ0n) is 38.5. The van der Waals surface area contributed by atoms with Gasteiger partial charge >= 0.3 is 0 Å². The van der Waals surface area contributed by atoms with Crippen molar-refractivity contribution in [2.24, 2.45) is 0 Å². The smallest absolute Gasteiger partial charge is 0.264 e. The van der Waals surface area contributed by atoms with E-state index in [-0.39, 0.29) is 43.0 Å². The van der Waals surface area contributed by atoms with E-state index in [0.29, 0.717) is 73.1 Å². The SMILES string of the molecule is CO[C@@H]1CCN(c2nccc(Nc3cc4c(cn3)c(C(=O)NC3CCN(CCCOC5CCN(c6cccc7c6C(=O)N([C@H]6CCC(=O)NC6=O)C7=O)CC5)CC3)cn4C3CCCC3)n2)C[C@@H]1F.